The maximum atomic E-state index is 4.45. The van der Waals surface area contributed by atoms with Gasteiger partial charge in [-0.15, -0.1) is 0 Å². The standard InChI is InChI=1S/C9H16N2S2/c1-12-9(3-4-9)7-11-8-10-5-2-6-13-8/h2-7H2,1H3,(H,10,11). The molecule has 1 aliphatic heterocycles. The molecule has 1 saturated carbocycles. The lowest BCUT2D eigenvalue weighted by atomic mass is 10.4. The highest BCUT2D eigenvalue weighted by Crippen LogP contribution is 2.46. The molecule has 0 radical (unpaired) electrons. The van der Waals surface area contributed by atoms with Crippen LogP contribution in [0, 0.1) is 0 Å². The van der Waals surface area contributed by atoms with Crippen molar-refractivity contribution in [2.24, 2.45) is 4.99 Å². The van der Waals surface area contributed by atoms with Crippen molar-refractivity contribution in [3.63, 3.8) is 0 Å². The van der Waals surface area contributed by atoms with Crippen LogP contribution in [0.2, 0.25) is 0 Å². The Kier molecular flexibility index (Phi) is 3.09. The van der Waals surface area contributed by atoms with Crippen molar-refractivity contribution in [1.29, 1.82) is 0 Å². The SMILES string of the molecule is CSC1(CNC2=NCCCS2)CC1. The lowest BCUT2D eigenvalue weighted by Gasteiger charge is -2.17. The number of hydrogen-bond donors (Lipinski definition) is 1. The van der Waals surface area contributed by atoms with Crippen molar-refractivity contribution in [3.8, 4) is 0 Å². The van der Waals surface area contributed by atoms with Crippen molar-refractivity contribution < 1.29 is 0 Å². The number of amidine groups is 1. The van der Waals surface area contributed by atoms with E-state index in [1.807, 2.05) is 23.5 Å². The second-order valence-electron chi connectivity index (χ2n) is 3.63. The van der Waals surface area contributed by atoms with Crippen LogP contribution in [0.4, 0.5) is 0 Å². The van der Waals surface area contributed by atoms with Crippen molar-refractivity contribution in [2.75, 3.05) is 25.1 Å². The molecular formula is C9H16N2S2. The van der Waals surface area contributed by atoms with E-state index in [-0.39, 0.29) is 0 Å². The summed E-state index contributed by atoms with van der Waals surface area (Å²) in [6, 6.07) is 0. The van der Waals surface area contributed by atoms with Crippen molar-refractivity contribution in [2.45, 2.75) is 24.0 Å². The summed E-state index contributed by atoms with van der Waals surface area (Å²) < 4.78 is 0.556. The van der Waals surface area contributed by atoms with Crippen molar-refractivity contribution in [3.05, 3.63) is 0 Å². The van der Waals surface area contributed by atoms with Crippen molar-refractivity contribution in [1.82, 2.24) is 5.32 Å². The van der Waals surface area contributed by atoms with Gasteiger partial charge in [0.15, 0.2) is 5.17 Å². The molecule has 2 aliphatic rings. The summed E-state index contributed by atoms with van der Waals surface area (Å²) in [6.07, 6.45) is 6.20. The van der Waals surface area contributed by atoms with Gasteiger partial charge in [-0.05, 0) is 25.5 Å². The third-order valence-electron chi connectivity index (χ3n) is 2.60. The Balaban J connectivity index is 1.75. The van der Waals surface area contributed by atoms with Gasteiger partial charge in [-0.2, -0.15) is 11.8 Å². The third-order valence-corrected chi connectivity index (χ3v) is 5.06. The summed E-state index contributed by atoms with van der Waals surface area (Å²) in [7, 11) is 0. The molecule has 0 unspecified atom stereocenters. The van der Waals surface area contributed by atoms with Crippen LogP contribution in [0.3, 0.4) is 0 Å². The summed E-state index contributed by atoms with van der Waals surface area (Å²) in [5, 5.41) is 4.64. The molecule has 1 aliphatic carbocycles. The first-order valence-electron chi connectivity index (χ1n) is 4.81. The van der Waals surface area contributed by atoms with E-state index in [0.29, 0.717) is 4.75 Å². The fourth-order valence-corrected chi connectivity index (χ4v) is 2.95. The smallest absolute Gasteiger partial charge is 0.156 e. The second-order valence-corrected chi connectivity index (χ2v) is 5.99. The van der Waals surface area contributed by atoms with E-state index in [4.69, 9.17) is 0 Å². The monoisotopic (exact) mass is 216 g/mol. The Hall–Kier alpha value is 0.170. The lowest BCUT2D eigenvalue weighted by Crippen LogP contribution is -2.31. The molecule has 0 aromatic carbocycles. The van der Waals surface area contributed by atoms with E-state index in [1.165, 1.54) is 30.2 Å². The molecular weight excluding hydrogens is 200 g/mol. The number of aliphatic imine (C=N–C) groups is 1. The average Bonchev–Trinajstić information content (AvgIpc) is 2.97. The zero-order valence-corrected chi connectivity index (χ0v) is 9.64. The van der Waals surface area contributed by atoms with Gasteiger partial charge in [-0.25, -0.2) is 0 Å². The summed E-state index contributed by atoms with van der Waals surface area (Å²) in [4.78, 5) is 4.45. The predicted octanol–water partition coefficient (Wildman–Crippen LogP) is 1.96. The van der Waals surface area contributed by atoms with Gasteiger partial charge in [0.1, 0.15) is 0 Å². The van der Waals surface area contributed by atoms with Crippen LogP contribution in [0.1, 0.15) is 19.3 Å². The number of hydrogen-bond acceptors (Lipinski definition) is 4. The molecule has 0 amide bonds. The molecule has 0 atom stereocenters. The molecule has 0 aromatic heterocycles. The first-order chi connectivity index (χ1) is 6.35. The number of nitrogens with one attached hydrogen (secondary N) is 1. The highest BCUT2D eigenvalue weighted by Gasteiger charge is 2.41. The maximum Gasteiger partial charge on any atom is 0.156 e. The molecule has 4 heteroatoms. The summed E-state index contributed by atoms with van der Waals surface area (Å²) in [6.45, 7) is 2.13. The normalized spacial score (nSPS) is 25.2. The van der Waals surface area contributed by atoms with Gasteiger partial charge in [0.2, 0.25) is 0 Å². The molecule has 2 nitrogen and oxygen atoms in total. The molecule has 2 rings (SSSR count). The van der Waals surface area contributed by atoms with Crippen LogP contribution < -0.4 is 5.32 Å². The predicted molar refractivity (Wildman–Crippen MR) is 62.9 cm³/mol. The lowest BCUT2D eigenvalue weighted by molar-refractivity contribution is 0.812. The topological polar surface area (TPSA) is 24.4 Å². The van der Waals surface area contributed by atoms with Gasteiger partial charge < -0.3 is 5.32 Å². The highest BCUT2D eigenvalue weighted by atomic mass is 32.2. The first kappa shape index (κ1) is 9.71. The number of thioether (sulfide) groups is 2. The van der Waals surface area contributed by atoms with Crippen LogP contribution in [0.25, 0.3) is 0 Å². The van der Waals surface area contributed by atoms with Crippen LogP contribution in [0.5, 0.6) is 0 Å². The average molecular weight is 216 g/mol. The minimum Gasteiger partial charge on any atom is -0.364 e. The molecule has 1 heterocycles. The fourth-order valence-electron chi connectivity index (χ4n) is 1.40. The van der Waals surface area contributed by atoms with Gasteiger partial charge in [-0.1, -0.05) is 11.8 Å². The highest BCUT2D eigenvalue weighted by molar-refractivity contribution is 8.13. The van der Waals surface area contributed by atoms with Gasteiger partial charge in [-0.3, -0.25) is 4.99 Å². The van der Waals surface area contributed by atoms with Crippen LogP contribution in [-0.4, -0.2) is 35.0 Å². The van der Waals surface area contributed by atoms with Crippen LogP contribution in [-0.2, 0) is 0 Å². The Morgan fingerprint density at radius 1 is 1.62 bits per heavy atom. The molecule has 13 heavy (non-hydrogen) atoms. The van der Waals surface area contributed by atoms with Crippen LogP contribution >= 0.6 is 23.5 Å². The van der Waals surface area contributed by atoms with E-state index < -0.39 is 0 Å². The fraction of sp³-hybridized carbons (Fsp3) is 0.889. The molecule has 74 valence electrons. The minimum absolute atomic E-state index is 0.556. The van der Waals surface area contributed by atoms with Crippen molar-refractivity contribution >= 4 is 28.7 Å². The molecule has 0 saturated heterocycles. The van der Waals surface area contributed by atoms with Gasteiger partial charge in [0.25, 0.3) is 0 Å². The molecule has 0 aromatic rings. The number of nitrogens with zero attached hydrogens (tertiary/aromatic N) is 1. The van der Waals surface area contributed by atoms with Gasteiger partial charge in [0.05, 0.1) is 0 Å². The number of rotatable bonds is 3. The Morgan fingerprint density at radius 2 is 2.46 bits per heavy atom. The minimum atomic E-state index is 0.556. The molecule has 1 fully saturated rings. The van der Waals surface area contributed by atoms with E-state index in [2.05, 4.69) is 16.6 Å². The van der Waals surface area contributed by atoms with Crippen LogP contribution in [0.15, 0.2) is 4.99 Å². The van der Waals surface area contributed by atoms with E-state index in [9.17, 15) is 0 Å². The maximum absolute atomic E-state index is 4.45. The Labute approximate surface area is 88.3 Å². The zero-order chi connectivity index (χ0) is 9.15. The van der Waals surface area contributed by atoms with E-state index in [0.717, 1.165) is 13.1 Å². The Morgan fingerprint density at radius 3 is 3.00 bits per heavy atom. The molecule has 1 N–H and O–H groups in total. The summed E-state index contributed by atoms with van der Waals surface area (Å²) in [5.41, 5.74) is 0. The van der Waals surface area contributed by atoms with E-state index in [1.54, 1.807) is 0 Å². The molecule has 0 spiro atoms. The zero-order valence-electron chi connectivity index (χ0n) is 8.01. The first-order valence-corrected chi connectivity index (χ1v) is 7.02. The van der Waals surface area contributed by atoms with Gasteiger partial charge >= 0.3 is 0 Å². The quantitative estimate of drug-likeness (QED) is 0.780. The molecule has 0 bridgehead atoms. The Bertz CT molecular complexity index is 212. The summed E-state index contributed by atoms with van der Waals surface area (Å²) in [5.74, 6) is 1.23. The van der Waals surface area contributed by atoms with E-state index >= 15 is 0 Å². The second kappa shape index (κ2) is 4.13. The van der Waals surface area contributed by atoms with Gasteiger partial charge in [0, 0.05) is 23.6 Å². The third kappa shape index (κ3) is 2.56. The summed E-state index contributed by atoms with van der Waals surface area (Å²) >= 11 is 3.87. The largest absolute Gasteiger partial charge is 0.364 e.